The van der Waals surface area contributed by atoms with E-state index in [0.717, 1.165) is 10.7 Å². The molecule has 3 aromatic rings. The van der Waals surface area contributed by atoms with Gasteiger partial charge < -0.3 is 10.1 Å². The van der Waals surface area contributed by atoms with Gasteiger partial charge in [-0.3, -0.25) is 9.52 Å². The Bertz CT molecular complexity index is 1110. The molecule has 0 atom stereocenters. The minimum Gasteiger partial charge on any atom is -0.494 e. The molecule has 0 fully saturated rings. The van der Waals surface area contributed by atoms with E-state index in [0.29, 0.717) is 28.6 Å². The summed E-state index contributed by atoms with van der Waals surface area (Å²) in [4.78, 5) is 16.7. The average Bonchev–Trinajstić information content (AvgIpc) is 3.00. The Kier molecular flexibility index (Phi) is 6.19. The Morgan fingerprint density at radius 1 is 1.07 bits per heavy atom. The highest BCUT2D eigenvalue weighted by molar-refractivity contribution is 7.92. The van der Waals surface area contributed by atoms with Crippen LogP contribution in [0.5, 0.6) is 5.75 Å². The van der Waals surface area contributed by atoms with Gasteiger partial charge in [-0.25, -0.2) is 13.4 Å². The van der Waals surface area contributed by atoms with Crippen LogP contribution in [0.3, 0.4) is 0 Å². The average molecular weight is 432 g/mol. The molecule has 0 aliphatic rings. The van der Waals surface area contributed by atoms with Gasteiger partial charge in [-0.1, -0.05) is 0 Å². The number of amides is 1. The Labute approximate surface area is 173 Å². The first-order valence-corrected chi connectivity index (χ1v) is 11.2. The normalized spacial score (nSPS) is 11.1. The van der Waals surface area contributed by atoms with Crippen LogP contribution < -0.4 is 14.8 Å². The number of nitrogens with zero attached hydrogens (tertiary/aromatic N) is 1. The van der Waals surface area contributed by atoms with E-state index in [4.69, 9.17) is 4.74 Å². The van der Waals surface area contributed by atoms with Crippen LogP contribution in [0, 0.1) is 13.8 Å². The molecule has 1 amide bonds. The summed E-state index contributed by atoms with van der Waals surface area (Å²) in [6.07, 6.45) is 0. The van der Waals surface area contributed by atoms with Crippen molar-refractivity contribution < 1.29 is 17.9 Å². The van der Waals surface area contributed by atoms with E-state index in [2.05, 4.69) is 15.0 Å². The van der Waals surface area contributed by atoms with Crippen molar-refractivity contribution in [3.05, 3.63) is 64.8 Å². The summed E-state index contributed by atoms with van der Waals surface area (Å²) in [5, 5.41) is 4.34. The molecule has 0 bridgehead atoms. The first-order chi connectivity index (χ1) is 13.8. The lowest BCUT2D eigenvalue weighted by atomic mass is 10.2. The van der Waals surface area contributed by atoms with Crippen LogP contribution in [0.15, 0.2) is 53.4 Å². The summed E-state index contributed by atoms with van der Waals surface area (Å²) in [6, 6.07) is 12.4. The highest BCUT2D eigenvalue weighted by Gasteiger charge is 2.16. The molecule has 0 saturated heterocycles. The van der Waals surface area contributed by atoms with Crippen molar-refractivity contribution in [3.8, 4) is 5.75 Å². The lowest BCUT2D eigenvalue weighted by Gasteiger charge is -2.10. The number of hydrogen-bond acceptors (Lipinski definition) is 6. The third-order valence-corrected chi connectivity index (χ3v) is 6.36. The maximum Gasteiger partial charge on any atom is 0.261 e. The predicted octanol–water partition coefficient (Wildman–Crippen LogP) is 4.21. The largest absolute Gasteiger partial charge is 0.494 e. The second-order valence-electron chi connectivity index (χ2n) is 6.19. The summed E-state index contributed by atoms with van der Waals surface area (Å²) in [7, 11) is -3.77. The number of sulfonamides is 1. The summed E-state index contributed by atoms with van der Waals surface area (Å²) >= 11 is 1.39. The molecule has 0 aliphatic carbocycles. The predicted molar refractivity (Wildman–Crippen MR) is 114 cm³/mol. The maximum atomic E-state index is 12.6. The van der Waals surface area contributed by atoms with E-state index >= 15 is 0 Å². The van der Waals surface area contributed by atoms with E-state index in [9.17, 15) is 13.2 Å². The monoisotopic (exact) mass is 431 g/mol. The second-order valence-corrected chi connectivity index (χ2v) is 9.07. The molecule has 29 heavy (non-hydrogen) atoms. The number of aromatic nitrogens is 1. The summed E-state index contributed by atoms with van der Waals surface area (Å²) in [5.41, 5.74) is 1.53. The number of carbonyl (C=O) groups excluding carboxylic acids is 1. The standard InChI is InChI=1S/C20H21N3O4S2/c1-4-27-17-9-7-16(8-10-17)23-29(25,26)18-11-5-15(6-12-18)19(24)22-20-13(2)21-14(3)28-20/h5-12,23H,4H2,1-3H3,(H,22,24). The molecular formula is C20H21N3O4S2. The van der Waals surface area contributed by atoms with Gasteiger partial charge >= 0.3 is 0 Å². The van der Waals surface area contributed by atoms with Gasteiger partial charge in [-0.15, -0.1) is 11.3 Å². The molecule has 1 heterocycles. The Morgan fingerprint density at radius 2 is 1.72 bits per heavy atom. The number of anilines is 2. The van der Waals surface area contributed by atoms with Crippen molar-refractivity contribution in [1.29, 1.82) is 0 Å². The van der Waals surface area contributed by atoms with Crippen molar-refractivity contribution in [1.82, 2.24) is 4.98 Å². The number of ether oxygens (including phenoxy) is 1. The van der Waals surface area contributed by atoms with Crippen molar-refractivity contribution in [2.75, 3.05) is 16.6 Å². The molecule has 2 aromatic carbocycles. The van der Waals surface area contributed by atoms with Crippen LogP contribution in [0.4, 0.5) is 10.7 Å². The smallest absolute Gasteiger partial charge is 0.261 e. The number of nitrogens with one attached hydrogen (secondary N) is 2. The van der Waals surface area contributed by atoms with Crippen LogP contribution >= 0.6 is 11.3 Å². The minimum atomic E-state index is -3.77. The van der Waals surface area contributed by atoms with Crippen molar-refractivity contribution in [3.63, 3.8) is 0 Å². The van der Waals surface area contributed by atoms with Gasteiger partial charge in [-0.2, -0.15) is 0 Å². The number of carbonyl (C=O) groups is 1. The molecule has 0 radical (unpaired) electrons. The number of rotatable bonds is 7. The second kappa shape index (κ2) is 8.62. The fraction of sp³-hybridized carbons (Fsp3) is 0.200. The summed E-state index contributed by atoms with van der Waals surface area (Å²) < 4.78 is 33.0. The van der Waals surface area contributed by atoms with E-state index in [-0.39, 0.29) is 10.8 Å². The van der Waals surface area contributed by atoms with Crippen LogP contribution in [0.25, 0.3) is 0 Å². The molecule has 9 heteroatoms. The molecule has 2 N–H and O–H groups in total. The van der Waals surface area contributed by atoms with Gasteiger partial charge in [0, 0.05) is 11.3 Å². The lowest BCUT2D eigenvalue weighted by Crippen LogP contribution is -2.14. The fourth-order valence-electron chi connectivity index (χ4n) is 2.61. The number of aryl methyl sites for hydroxylation is 2. The van der Waals surface area contributed by atoms with E-state index in [1.807, 2.05) is 20.8 Å². The Hall–Kier alpha value is -2.91. The van der Waals surface area contributed by atoms with Gasteiger partial charge in [0.05, 0.1) is 22.2 Å². The number of hydrogen-bond donors (Lipinski definition) is 2. The van der Waals surface area contributed by atoms with E-state index in [1.54, 1.807) is 24.3 Å². The van der Waals surface area contributed by atoms with Gasteiger partial charge in [-0.05, 0) is 69.3 Å². The van der Waals surface area contributed by atoms with Crippen molar-refractivity contribution >= 4 is 38.0 Å². The Balaban J connectivity index is 1.71. The van der Waals surface area contributed by atoms with Crippen LogP contribution in [0.2, 0.25) is 0 Å². The minimum absolute atomic E-state index is 0.0627. The topological polar surface area (TPSA) is 97.4 Å². The van der Waals surface area contributed by atoms with Gasteiger partial charge in [0.25, 0.3) is 15.9 Å². The highest BCUT2D eigenvalue weighted by atomic mass is 32.2. The van der Waals surface area contributed by atoms with Crippen molar-refractivity contribution in [2.45, 2.75) is 25.7 Å². The first-order valence-electron chi connectivity index (χ1n) is 8.89. The summed E-state index contributed by atoms with van der Waals surface area (Å²) in [6.45, 7) is 6.10. The molecule has 0 spiro atoms. The third-order valence-electron chi connectivity index (χ3n) is 3.97. The zero-order valence-electron chi connectivity index (χ0n) is 16.2. The third kappa shape index (κ3) is 5.12. The van der Waals surface area contributed by atoms with Crippen molar-refractivity contribution in [2.24, 2.45) is 0 Å². The Morgan fingerprint density at radius 3 is 2.28 bits per heavy atom. The molecule has 7 nitrogen and oxygen atoms in total. The molecule has 0 saturated carbocycles. The van der Waals surface area contributed by atoms with Crippen LogP contribution in [0.1, 0.15) is 28.0 Å². The summed E-state index contributed by atoms with van der Waals surface area (Å²) in [5.74, 6) is 0.345. The molecule has 3 rings (SSSR count). The first kappa shape index (κ1) is 20.8. The van der Waals surface area contributed by atoms with Crippen LogP contribution in [-0.4, -0.2) is 25.9 Å². The highest BCUT2D eigenvalue weighted by Crippen LogP contribution is 2.24. The molecule has 152 valence electrons. The van der Waals surface area contributed by atoms with Crippen LogP contribution in [-0.2, 0) is 10.0 Å². The van der Waals surface area contributed by atoms with E-state index < -0.39 is 10.0 Å². The van der Waals surface area contributed by atoms with Gasteiger partial charge in [0.15, 0.2) is 0 Å². The maximum absolute atomic E-state index is 12.6. The van der Waals surface area contributed by atoms with Gasteiger partial charge in [0.1, 0.15) is 10.8 Å². The quantitative estimate of drug-likeness (QED) is 0.584. The molecule has 0 aliphatic heterocycles. The number of benzene rings is 2. The van der Waals surface area contributed by atoms with Gasteiger partial charge in [0.2, 0.25) is 0 Å². The zero-order chi connectivity index (χ0) is 21.0. The van der Waals surface area contributed by atoms with E-state index in [1.165, 1.54) is 35.6 Å². The molecule has 1 aromatic heterocycles. The number of thiazole rings is 1. The SMILES string of the molecule is CCOc1ccc(NS(=O)(=O)c2ccc(C(=O)Nc3sc(C)nc3C)cc2)cc1. The molecule has 0 unspecified atom stereocenters. The fourth-order valence-corrected chi connectivity index (χ4v) is 4.48. The molecular weight excluding hydrogens is 410 g/mol. The lowest BCUT2D eigenvalue weighted by molar-refractivity contribution is 0.102. The zero-order valence-corrected chi connectivity index (χ0v) is 17.9.